The van der Waals surface area contributed by atoms with E-state index in [1.807, 2.05) is 0 Å². The summed E-state index contributed by atoms with van der Waals surface area (Å²) in [6.45, 7) is 0. The number of amides is 1. The summed E-state index contributed by atoms with van der Waals surface area (Å²) in [6.07, 6.45) is 1.53. The van der Waals surface area contributed by atoms with Crippen molar-refractivity contribution in [1.82, 2.24) is 19.7 Å². The molecule has 3 aromatic rings. The van der Waals surface area contributed by atoms with Gasteiger partial charge in [-0.3, -0.25) is 5.32 Å². The first-order chi connectivity index (χ1) is 12.3. The van der Waals surface area contributed by atoms with Crippen molar-refractivity contribution in [3.8, 4) is 0 Å². The molecule has 0 radical (unpaired) electrons. The minimum Gasteiger partial charge on any atom is -0.368 e. The summed E-state index contributed by atoms with van der Waals surface area (Å²) in [6, 6.07) is 10.0. The van der Waals surface area contributed by atoms with Crippen molar-refractivity contribution >= 4 is 39.5 Å². The van der Waals surface area contributed by atoms with Gasteiger partial charge in [-0.1, -0.05) is 6.07 Å². The second kappa shape index (κ2) is 6.78. The van der Waals surface area contributed by atoms with Gasteiger partial charge in [-0.15, -0.1) is 9.78 Å². The van der Waals surface area contributed by atoms with E-state index in [4.69, 9.17) is 10.9 Å². The molecule has 0 bridgehead atoms. The fourth-order valence-corrected chi connectivity index (χ4v) is 2.50. The average Bonchev–Trinajstić information content (AvgIpc) is 2.96. The summed E-state index contributed by atoms with van der Waals surface area (Å²) in [4.78, 5) is 20.0. The zero-order valence-electron chi connectivity index (χ0n) is 13.2. The number of nitrogens with one attached hydrogen (secondary N) is 2. The Morgan fingerprint density at radius 3 is 2.46 bits per heavy atom. The van der Waals surface area contributed by atoms with Crippen molar-refractivity contribution in [3.05, 3.63) is 48.7 Å². The highest BCUT2D eigenvalue weighted by molar-refractivity contribution is 7.89. The predicted molar refractivity (Wildman–Crippen MR) is 94.2 cm³/mol. The SMILES string of the molecule is Nc1nc(Nc2ccc(S(N)(=O)=O)cc2)nn1C(=O)Nc1ccccn1. The maximum absolute atomic E-state index is 12.2. The molecule has 0 unspecified atom stereocenters. The third-order valence-electron chi connectivity index (χ3n) is 3.16. The Morgan fingerprint density at radius 1 is 1.12 bits per heavy atom. The molecule has 0 aliphatic carbocycles. The summed E-state index contributed by atoms with van der Waals surface area (Å²) in [5.74, 6) is 0.254. The number of hydrogen-bond donors (Lipinski definition) is 4. The highest BCUT2D eigenvalue weighted by Gasteiger charge is 2.15. The van der Waals surface area contributed by atoms with Gasteiger partial charge in [-0.05, 0) is 36.4 Å². The number of rotatable bonds is 4. The molecule has 0 saturated heterocycles. The van der Waals surface area contributed by atoms with Crippen LogP contribution in [0.3, 0.4) is 0 Å². The third kappa shape index (κ3) is 3.93. The molecule has 11 nitrogen and oxygen atoms in total. The molecule has 1 amide bonds. The van der Waals surface area contributed by atoms with E-state index in [1.54, 1.807) is 18.2 Å². The van der Waals surface area contributed by atoms with Crippen molar-refractivity contribution in [2.45, 2.75) is 4.90 Å². The van der Waals surface area contributed by atoms with Crippen LogP contribution in [0.2, 0.25) is 0 Å². The third-order valence-corrected chi connectivity index (χ3v) is 4.09. The number of nitrogens with zero attached hydrogens (tertiary/aromatic N) is 4. The first kappa shape index (κ1) is 17.3. The molecule has 12 heteroatoms. The molecule has 26 heavy (non-hydrogen) atoms. The van der Waals surface area contributed by atoms with E-state index < -0.39 is 16.1 Å². The number of carbonyl (C=O) groups excluding carboxylic acids is 1. The Morgan fingerprint density at radius 2 is 1.85 bits per heavy atom. The lowest BCUT2D eigenvalue weighted by Gasteiger charge is -2.04. The number of nitrogens with two attached hydrogens (primary N) is 2. The van der Waals surface area contributed by atoms with E-state index in [0.717, 1.165) is 4.68 Å². The van der Waals surface area contributed by atoms with Crippen molar-refractivity contribution < 1.29 is 13.2 Å². The summed E-state index contributed by atoms with van der Waals surface area (Å²) < 4.78 is 23.3. The van der Waals surface area contributed by atoms with E-state index >= 15 is 0 Å². The molecular weight excluding hydrogens is 360 g/mol. The molecule has 0 saturated carbocycles. The maximum Gasteiger partial charge on any atom is 0.351 e. The molecule has 134 valence electrons. The zero-order chi connectivity index (χ0) is 18.7. The van der Waals surface area contributed by atoms with Crippen LogP contribution >= 0.6 is 0 Å². The molecule has 2 heterocycles. The maximum atomic E-state index is 12.2. The lowest BCUT2D eigenvalue weighted by Crippen LogP contribution is -2.23. The van der Waals surface area contributed by atoms with Gasteiger partial charge in [0, 0.05) is 11.9 Å². The monoisotopic (exact) mass is 374 g/mol. The summed E-state index contributed by atoms with van der Waals surface area (Å²) in [5, 5.41) is 14.3. The minimum atomic E-state index is -3.78. The van der Waals surface area contributed by atoms with Crippen LogP contribution < -0.4 is 21.5 Å². The Balaban J connectivity index is 1.74. The fourth-order valence-electron chi connectivity index (χ4n) is 1.98. The number of anilines is 4. The molecule has 0 aliphatic heterocycles. The Labute approximate surface area is 148 Å². The molecule has 1 aromatic carbocycles. The number of hydrogen-bond acceptors (Lipinski definition) is 8. The van der Waals surface area contributed by atoms with Gasteiger partial charge in [0.2, 0.25) is 21.9 Å². The predicted octanol–water partition coefficient (Wildman–Crippen LogP) is 0.726. The van der Waals surface area contributed by atoms with Gasteiger partial charge in [0.15, 0.2) is 0 Å². The van der Waals surface area contributed by atoms with Crippen molar-refractivity contribution in [1.29, 1.82) is 0 Å². The Bertz CT molecular complexity index is 1030. The number of nitrogen functional groups attached to an aromatic ring is 1. The molecule has 0 aliphatic rings. The van der Waals surface area contributed by atoms with Gasteiger partial charge in [0.1, 0.15) is 5.82 Å². The second-order valence-electron chi connectivity index (χ2n) is 5.04. The lowest BCUT2D eigenvalue weighted by atomic mass is 10.3. The van der Waals surface area contributed by atoms with Gasteiger partial charge >= 0.3 is 6.03 Å². The number of aromatic nitrogens is 4. The summed E-state index contributed by atoms with van der Waals surface area (Å²) in [7, 11) is -3.78. The van der Waals surface area contributed by atoms with Gasteiger partial charge in [0.25, 0.3) is 0 Å². The van der Waals surface area contributed by atoms with E-state index in [-0.39, 0.29) is 16.8 Å². The topological polar surface area (TPSA) is 171 Å². The zero-order valence-corrected chi connectivity index (χ0v) is 14.0. The highest BCUT2D eigenvalue weighted by atomic mass is 32.2. The van der Waals surface area contributed by atoms with Crippen LogP contribution in [0.5, 0.6) is 0 Å². The van der Waals surface area contributed by atoms with Crippen LogP contribution in [0, 0.1) is 0 Å². The summed E-state index contributed by atoms with van der Waals surface area (Å²) >= 11 is 0. The smallest absolute Gasteiger partial charge is 0.351 e. The normalized spacial score (nSPS) is 11.1. The van der Waals surface area contributed by atoms with Gasteiger partial charge < -0.3 is 11.1 Å². The Hall–Kier alpha value is -3.51. The van der Waals surface area contributed by atoms with Crippen LogP contribution in [0.15, 0.2) is 53.6 Å². The molecule has 0 fully saturated rings. The van der Waals surface area contributed by atoms with Crippen LogP contribution in [0.4, 0.5) is 28.2 Å². The van der Waals surface area contributed by atoms with Gasteiger partial charge in [0.05, 0.1) is 4.90 Å². The second-order valence-corrected chi connectivity index (χ2v) is 6.61. The molecule has 2 aromatic heterocycles. The highest BCUT2D eigenvalue weighted by Crippen LogP contribution is 2.17. The van der Waals surface area contributed by atoms with Crippen molar-refractivity contribution in [3.63, 3.8) is 0 Å². The van der Waals surface area contributed by atoms with Gasteiger partial charge in [-0.25, -0.2) is 23.3 Å². The molecule has 0 atom stereocenters. The van der Waals surface area contributed by atoms with Crippen molar-refractivity contribution in [2.75, 3.05) is 16.4 Å². The van der Waals surface area contributed by atoms with Crippen LogP contribution in [0.1, 0.15) is 0 Å². The number of pyridine rings is 1. The van der Waals surface area contributed by atoms with Crippen LogP contribution in [-0.4, -0.2) is 34.2 Å². The van der Waals surface area contributed by atoms with Crippen LogP contribution in [-0.2, 0) is 10.0 Å². The largest absolute Gasteiger partial charge is 0.368 e. The quantitative estimate of drug-likeness (QED) is 0.517. The minimum absolute atomic E-state index is 0.0317. The first-order valence-corrected chi connectivity index (χ1v) is 8.72. The van der Waals surface area contributed by atoms with E-state index in [0.29, 0.717) is 11.5 Å². The lowest BCUT2D eigenvalue weighted by molar-refractivity contribution is 0.251. The van der Waals surface area contributed by atoms with E-state index in [2.05, 4.69) is 25.7 Å². The average molecular weight is 374 g/mol. The fraction of sp³-hybridized carbons (Fsp3) is 0. The van der Waals surface area contributed by atoms with E-state index in [1.165, 1.54) is 30.5 Å². The van der Waals surface area contributed by atoms with Crippen molar-refractivity contribution in [2.24, 2.45) is 5.14 Å². The standard InChI is InChI=1S/C14H14N8O3S/c15-12-20-13(18-9-4-6-10(7-5-9)26(16,24)25)21-22(12)14(23)19-11-3-1-2-8-17-11/h1-8H,(H2,16,24,25)(H,17,19,23)(H3,15,18,20,21). The molecule has 6 N–H and O–H groups in total. The van der Waals surface area contributed by atoms with Crippen LogP contribution in [0.25, 0.3) is 0 Å². The first-order valence-electron chi connectivity index (χ1n) is 7.18. The summed E-state index contributed by atoms with van der Waals surface area (Å²) in [5.41, 5.74) is 6.19. The molecular formula is C14H14N8O3S. The molecule has 0 spiro atoms. The Kier molecular flexibility index (Phi) is 4.51. The number of primary sulfonamides is 1. The number of sulfonamides is 1. The number of benzene rings is 1. The molecule has 3 rings (SSSR count). The number of carbonyl (C=O) groups is 1. The van der Waals surface area contributed by atoms with E-state index in [9.17, 15) is 13.2 Å². The van der Waals surface area contributed by atoms with Gasteiger partial charge in [-0.2, -0.15) is 4.98 Å².